The van der Waals surface area contributed by atoms with Gasteiger partial charge in [0.05, 0.1) is 5.56 Å². The van der Waals surface area contributed by atoms with E-state index in [1.54, 1.807) is 23.5 Å². The number of carboxylic acid groups (broad SMARTS) is 1. The molecule has 0 aliphatic carbocycles. The molecule has 0 unspecified atom stereocenters. The Hall–Kier alpha value is -1.87. The first kappa shape index (κ1) is 10.3. The van der Waals surface area contributed by atoms with Gasteiger partial charge in [0.25, 0.3) is 0 Å². The summed E-state index contributed by atoms with van der Waals surface area (Å²) in [6.07, 6.45) is 0. The smallest absolute Gasteiger partial charge is 0.336 e. The monoisotopic (exact) mass is 242 g/mol. The Morgan fingerprint density at radius 2 is 1.71 bits per heavy atom. The zero-order valence-corrected chi connectivity index (χ0v) is 10.0. The van der Waals surface area contributed by atoms with Crippen molar-refractivity contribution in [1.82, 2.24) is 0 Å². The van der Waals surface area contributed by atoms with Gasteiger partial charge in [0.1, 0.15) is 0 Å². The predicted molar refractivity (Wildman–Crippen MR) is 71.0 cm³/mol. The Morgan fingerprint density at radius 1 is 1.06 bits per heavy atom. The van der Waals surface area contributed by atoms with Crippen molar-refractivity contribution in [3.63, 3.8) is 0 Å². The van der Waals surface area contributed by atoms with Crippen LogP contribution in [0.5, 0.6) is 0 Å². The number of carbonyl (C=O) groups is 1. The van der Waals surface area contributed by atoms with Crippen LogP contribution < -0.4 is 0 Å². The molecule has 1 heterocycles. The second-order valence-electron chi connectivity index (χ2n) is 4.03. The number of aryl methyl sites for hydroxylation is 1. The van der Waals surface area contributed by atoms with Crippen molar-refractivity contribution >= 4 is 37.5 Å². The third-order valence-corrected chi connectivity index (χ3v) is 4.08. The van der Waals surface area contributed by atoms with E-state index in [0.29, 0.717) is 5.56 Å². The highest BCUT2D eigenvalue weighted by molar-refractivity contribution is 7.25. The molecule has 3 aromatic rings. The van der Waals surface area contributed by atoms with Crippen molar-refractivity contribution in [2.45, 2.75) is 6.92 Å². The maximum atomic E-state index is 11.3. The van der Waals surface area contributed by atoms with E-state index >= 15 is 0 Å². The van der Waals surface area contributed by atoms with Gasteiger partial charge in [0, 0.05) is 20.2 Å². The molecule has 0 fully saturated rings. The standard InChI is InChI=1S/C14H10O2S/c1-8-4-2-6-10-12(8)13-9(14(15)16)5-3-7-11(13)17-10/h2-7H,1H3,(H,15,16). The summed E-state index contributed by atoms with van der Waals surface area (Å²) >= 11 is 1.64. The zero-order chi connectivity index (χ0) is 12.0. The van der Waals surface area contributed by atoms with E-state index < -0.39 is 5.97 Å². The van der Waals surface area contributed by atoms with Crippen LogP contribution in [0.4, 0.5) is 0 Å². The van der Waals surface area contributed by atoms with Crippen LogP contribution in [-0.4, -0.2) is 11.1 Å². The molecular formula is C14H10O2S. The number of rotatable bonds is 1. The molecule has 1 N–H and O–H groups in total. The Morgan fingerprint density at radius 3 is 2.41 bits per heavy atom. The van der Waals surface area contributed by atoms with E-state index in [2.05, 4.69) is 0 Å². The quantitative estimate of drug-likeness (QED) is 0.698. The van der Waals surface area contributed by atoms with Gasteiger partial charge in [-0.15, -0.1) is 11.3 Å². The lowest BCUT2D eigenvalue weighted by Gasteiger charge is -2.00. The van der Waals surface area contributed by atoms with Gasteiger partial charge in [0.15, 0.2) is 0 Å². The van der Waals surface area contributed by atoms with Gasteiger partial charge < -0.3 is 5.11 Å². The van der Waals surface area contributed by atoms with E-state index in [0.717, 1.165) is 25.7 Å². The molecule has 3 rings (SSSR count). The highest BCUT2D eigenvalue weighted by Crippen LogP contribution is 2.37. The van der Waals surface area contributed by atoms with Gasteiger partial charge in [-0.2, -0.15) is 0 Å². The predicted octanol–water partition coefficient (Wildman–Crippen LogP) is 4.06. The van der Waals surface area contributed by atoms with Crippen molar-refractivity contribution in [3.05, 3.63) is 47.5 Å². The molecule has 1 aromatic heterocycles. The van der Waals surface area contributed by atoms with Crippen LogP contribution in [0.2, 0.25) is 0 Å². The topological polar surface area (TPSA) is 37.3 Å². The SMILES string of the molecule is Cc1cccc2sc3cccc(C(=O)O)c3c12. The first-order valence-corrected chi connectivity index (χ1v) is 6.14. The summed E-state index contributed by atoms with van der Waals surface area (Å²) in [5.41, 5.74) is 1.52. The van der Waals surface area contributed by atoms with Gasteiger partial charge in [-0.3, -0.25) is 0 Å². The maximum Gasteiger partial charge on any atom is 0.336 e. The number of carboxylic acids is 1. The normalized spacial score (nSPS) is 11.1. The molecule has 0 atom stereocenters. The molecule has 0 aliphatic heterocycles. The van der Waals surface area contributed by atoms with Crippen molar-refractivity contribution < 1.29 is 9.90 Å². The highest BCUT2D eigenvalue weighted by Gasteiger charge is 2.14. The lowest BCUT2D eigenvalue weighted by Crippen LogP contribution is -1.96. The third kappa shape index (κ3) is 1.43. The Bertz CT molecular complexity index is 740. The summed E-state index contributed by atoms with van der Waals surface area (Å²) in [5.74, 6) is -0.862. The van der Waals surface area contributed by atoms with E-state index in [4.69, 9.17) is 0 Å². The second kappa shape index (κ2) is 3.57. The molecule has 2 aromatic carbocycles. The van der Waals surface area contributed by atoms with Gasteiger partial charge in [-0.05, 0) is 30.7 Å². The molecule has 2 nitrogen and oxygen atoms in total. The molecule has 0 saturated carbocycles. The largest absolute Gasteiger partial charge is 0.478 e. The maximum absolute atomic E-state index is 11.3. The molecule has 3 heteroatoms. The van der Waals surface area contributed by atoms with Crippen molar-refractivity contribution in [2.75, 3.05) is 0 Å². The first-order chi connectivity index (χ1) is 8.18. The minimum absolute atomic E-state index is 0.392. The number of benzene rings is 2. The van der Waals surface area contributed by atoms with E-state index in [1.807, 2.05) is 31.2 Å². The fourth-order valence-electron chi connectivity index (χ4n) is 2.22. The summed E-state index contributed by atoms with van der Waals surface area (Å²) < 4.78 is 2.18. The van der Waals surface area contributed by atoms with E-state index in [9.17, 15) is 9.90 Å². The van der Waals surface area contributed by atoms with E-state index in [1.165, 1.54) is 0 Å². The average Bonchev–Trinajstić information content (AvgIpc) is 2.67. The van der Waals surface area contributed by atoms with Crippen LogP contribution >= 0.6 is 11.3 Å². The number of thiophene rings is 1. The van der Waals surface area contributed by atoms with Gasteiger partial charge in [-0.1, -0.05) is 18.2 Å². The molecule has 17 heavy (non-hydrogen) atoms. The Balaban J connectivity index is 2.61. The Labute approximate surface area is 102 Å². The van der Waals surface area contributed by atoms with Crippen LogP contribution in [0.15, 0.2) is 36.4 Å². The third-order valence-electron chi connectivity index (χ3n) is 2.96. The van der Waals surface area contributed by atoms with Crippen LogP contribution in [0.3, 0.4) is 0 Å². The molecule has 0 radical (unpaired) electrons. The Kier molecular flexibility index (Phi) is 2.16. The minimum atomic E-state index is -0.862. The van der Waals surface area contributed by atoms with Crippen molar-refractivity contribution in [1.29, 1.82) is 0 Å². The van der Waals surface area contributed by atoms with Crippen molar-refractivity contribution in [3.8, 4) is 0 Å². The zero-order valence-electron chi connectivity index (χ0n) is 9.23. The van der Waals surface area contributed by atoms with Crippen LogP contribution in [0.25, 0.3) is 20.2 Å². The number of fused-ring (bicyclic) bond motifs is 3. The molecular weight excluding hydrogens is 232 g/mol. The fourth-order valence-corrected chi connectivity index (χ4v) is 3.43. The summed E-state index contributed by atoms with van der Waals surface area (Å²) in [4.78, 5) is 11.3. The van der Waals surface area contributed by atoms with Crippen LogP contribution in [0.1, 0.15) is 15.9 Å². The van der Waals surface area contributed by atoms with Crippen LogP contribution in [-0.2, 0) is 0 Å². The fraction of sp³-hybridized carbons (Fsp3) is 0.0714. The summed E-state index contributed by atoms with van der Waals surface area (Å²) in [6.45, 7) is 2.02. The highest BCUT2D eigenvalue weighted by atomic mass is 32.1. The number of aromatic carboxylic acids is 1. The molecule has 0 saturated heterocycles. The molecule has 0 aliphatic rings. The van der Waals surface area contributed by atoms with Gasteiger partial charge in [-0.25, -0.2) is 4.79 Å². The van der Waals surface area contributed by atoms with Gasteiger partial charge >= 0.3 is 5.97 Å². The molecule has 0 bridgehead atoms. The second-order valence-corrected chi connectivity index (χ2v) is 5.12. The van der Waals surface area contributed by atoms with Gasteiger partial charge in [0.2, 0.25) is 0 Å². The summed E-state index contributed by atoms with van der Waals surface area (Å²) in [5, 5.41) is 11.2. The number of hydrogen-bond acceptors (Lipinski definition) is 2. The first-order valence-electron chi connectivity index (χ1n) is 5.32. The molecule has 84 valence electrons. The minimum Gasteiger partial charge on any atom is -0.478 e. The number of hydrogen-bond donors (Lipinski definition) is 1. The van der Waals surface area contributed by atoms with Crippen molar-refractivity contribution in [2.24, 2.45) is 0 Å². The average molecular weight is 242 g/mol. The van der Waals surface area contributed by atoms with E-state index in [-0.39, 0.29) is 0 Å². The molecule has 0 spiro atoms. The lowest BCUT2D eigenvalue weighted by atomic mass is 10.0. The lowest BCUT2D eigenvalue weighted by molar-refractivity contribution is 0.0699. The summed E-state index contributed by atoms with van der Waals surface area (Å²) in [6, 6.07) is 11.5. The summed E-state index contributed by atoms with van der Waals surface area (Å²) in [7, 11) is 0. The molecule has 0 amide bonds. The van der Waals surface area contributed by atoms with Crippen LogP contribution in [0, 0.1) is 6.92 Å².